The summed E-state index contributed by atoms with van der Waals surface area (Å²) in [5, 5.41) is 2.75. The van der Waals surface area contributed by atoms with Gasteiger partial charge in [0, 0.05) is 0 Å². The van der Waals surface area contributed by atoms with E-state index < -0.39 is 63.8 Å². The van der Waals surface area contributed by atoms with Crippen molar-refractivity contribution in [2.45, 2.75) is 53.6 Å². The maximum Gasteiger partial charge on any atom is 0.384 e. The summed E-state index contributed by atoms with van der Waals surface area (Å²) >= 11 is 0. The molecule has 0 bridgehead atoms. The van der Waals surface area contributed by atoms with Gasteiger partial charge in [0.25, 0.3) is 11.9 Å². The van der Waals surface area contributed by atoms with Crippen molar-refractivity contribution < 1.29 is 83.2 Å². The van der Waals surface area contributed by atoms with Crippen LogP contribution in [0.1, 0.15) is 0 Å². The molecule has 0 radical (unpaired) electrons. The van der Waals surface area contributed by atoms with E-state index in [2.05, 4.69) is 5.32 Å². The van der Waals surface area contributed by atoms with Crippen LogP contribution >= 0.6 is 0 Å². The molecule has 2 unspecified atom stereocenters. The number of rotatable bonds is 9. The molecule has 0 saturated heterocycles. The minimum absolute atomic E-state index is 1.88. The summed E-state index contributed by atoms with van der Waals surface area (Å²) in [5.41, 5.74) is -5.88. The molecular formula is C11H11F16NO3S. The van der Waals surface area contributed by atoms with Gasteiger partial charge in [-0.25, -0.2) is 17.6 Å². The predicted molar refractivity (Wildman–Crippen MR) is 72.0 cm³/mol. The summed E-state index contributed by atoms with van der Waals surface area (Å²) < 4.78 is 233. The van der Waals surface area contributed by atoms with E-state index in [1.807, 2.05) is 14.1 Å². The van der Waals surface area contributed by atoms with Gasteiger partial charge in [-0.1, -0.05) is 0 Å². The van der Waals surface area contributed by atoms with Gasteiger partial charge in [0.1, 0.15) is 0 Å². The van der Waals surface area contributed by atoms with Gasteiger partial charge in [0.2, 0.25) is 6.17 Å². The topological polar surface area (TPSA) is 66.4 Å². The van der Waals surface area contributed by atoms with Crippen molar-refractivity contribution in [1.29, 1.82) is 0 Å². The largest absolute Gasteiger partial charge is 0.384 e. The van der Waals surface area contributed by atoms with E-state index in [1.54, 1.807) is 0 Å². The molecule has 0 spiro atoms. The van der Waals surface area contributed by atoms with Crippen molar-refractivity contribution in [2.24, 2.45) is 0 Å². The van der Waals surface area contributed by atoms with Crippen LogP contribution in [-0.2, 0) is 10.1 Å². The van der Waals surface area contributed by atoms with Gasteiger partial charge >= 0.3 is 45.7 Å². The minimum Gasteiger partial charge on any atom is -0.323 e. The second-order valence-corrected chi connectivity index (χ2v) is 7.05. The summed E-state index contributed by atoms with van der Waals surface area (Å²) in [6.45, 7) is 0. The highest BCUT2D eigenvalue weighted by atomic mass is 32.2. The quantitative estimate of drug-likeness (QED) is 0.335. The van der Waals surface area contributed by atoms with Crippen molar-refractivity contribution >= 4 is 10.1 Å². The summed E-state index contributed by atoms with van der Waals surface area (Å²) in [5.74, 6) is -48.9. The Balaban J connectivity index is 0. The van der Waals surface area contributed by atoms with Crippen LogP contribution in [0.3, 0.4) is 0 Å². The zero-order chi connectivity index (χ0) is 26.9. The molecule has 0 amide bonds. The van der Waals surface area contributed by atoms with Crippen LogP contribution in [0.4, 0.5) is 70.2 Å². The third-order valence-corrected chi connectivity index (χ3v) is 3.95. The normalized spacial score (nSPS) is 17.0. The molecule has 0 aliphatic rings. The summed E-state index contributed by atoms with van der Waals surface area (Å²) in [6, 6.07) is 0. The number of hydrogen-bond donors (Lipinski definition) is 2. The van der Waals surface area contributed by atoms with Gasteiger partial charge in [-0.05, 0) is 14.1 Å². The molecule has 196 valence electrons. The molecule has 0 fully saturated rings. The Morgan fingerprint density at radius 1 is 0.625 bits per heavy atom. The molecule has 32 heavy (non-hydrogen) atoms. The first kappa shape index (κ1) is 32.9. The highest BCUT2D eigenvalue weighted by Gasteiger charge is 2.92. The number of alkyl halides is 16. The molecule has 21 heteroatoms. The molecule has 0 aromatic rings. The minimum atomic E-state index is -8.53. The predicted octanol–water partition coefficient (Wildman–Crippen LogP) is 4.42. The Kier molecular flexibility index (Phi) is 9.82. The summed E-state index contributed by atoms with van der Waals surface area (Å²) in [7, 11) is -3.36. The molecule has 4 nitrogen and oxygen atoms in total. The number of halogens is 16. The Morgan fingerprint density at radius 3 is 1.09 bits per heavy atom. The lowest BCUT2D eigenvalue weighted by Crippen LogP contribution is -2.73. The smallest absolute Gasteiger partial charge is 0.323 e. The zero-order valence-electron chi connectivity index (χ0n) is 15.0. The van der Waals surface area contributed by atoms with Crippen LogP contribution in [0, 0.1) is 0 Å². The monoisotopic (exact) mass is 541 g/mol. The average molecular weight is 541 g/mol. The highest BCUT2D eigenvalue weighted by Crippen LogP contribution is 2.61. The third-order valence-electron chi connectivity index (χ3n) is 3.13. The average Bonchev–Trinajstić information content (AvgIpc) is 2.58. The maximum absolute atomic E-state index is 13.2. The molecule has 0 saturated carbocycles. The Labute approximate surface area is 167 Å². The van der Waals surface area contributed by atoms with Crippen LogP contribution in [0.2, 0.25) is 0 Å². The summed E-state index contributed by atoms with van der Waals surface area (Å²) in [6.07, 6.45) is -11.0. The SMILES string of the molecule is CNC.O=S(=O)(O)C(F)C(F)(F)C(F)(F)C(F)(F)C(F)(F)C(F)(F)C(F)(F)C(F)C(F)F. The standard InChI is InChI=1S/C9H4F16O3S.C2H7N/c10-1(2(11)12)4(14,15)6(18,19)8(22,23)9(24,25)7(20,21)5(16,17)3(13)29(26,27)28;1-3-2/h1-3H,(H,26,27,28);3H,1-2H3. The van der Waals surface area contributed by atoms with Crippen molar-refractivity contribution in [2.75, 3.05) is 14.1 Å². The van der Waals surface area contributed by atoms with E-state index in [0.717, 1.165) is 0 Å². The van der Waals surface area contributed by atoms with E-state index in [0.29, 0.717) is 0 Å². The van der Waals surface area contributed by atoms with Crippen LogP contribution < -0.4 is 5.32 Å². The van der Waals surface area contributed by atoms with Gasteiger partial charge in [-0.15, -0.1) is 0 Å². The van der Waals surface area contributed by atoms with E-state index in [9.17, 15) is 78.7 Å². The van der Waals surface area contributed by atoms with Gasteiger partial charge in [-0.3, -0.25) is 4.55 Å². The molecule has 0 aromatic heterocycles. The molecule has 0 aliphatic heterocycles. The second kappa shape index (κ2) is 9.55. The van der Waals surface area contributed by atoms with Gasteiger partial charge in [0.15, 0.2) is 0 Å². The Hall–Kier alpha value is -1.25. The number of hydrogen-bond acceptors (Lipinski definition) is 3. The summed E-state index contributed by atoms with van der Waals surface area (Å²) in [4.78, 5) is 0. The fraction of sp³-hybridized carbons (Fsp3) is 1.00. The second-order valence-electron chi connectivity index (χ2n) is 5.61. The molecule has 0 heterocycles. The highest BCUT2D eigenvalue weighted by molar-refractivity contribution is 7.86. The number of nitrogens with one attached hydrogen (secondary N) is 1. The third kappa shape index (κ3) is 5.12. The Morgan fingerprint density at radius 2 is 0.875 bits per heavy atom. The van der Waals surface area contributed by atoms with Gasteiger partial charge in [0.05, 0.1) is 0 Å². The first-order valence-corrected chi connectivity index (χ1v) is 8.56. The fourth-order valence-electron chi connectivity index (χ4n) is 1.47. The first-order chi connectivity index (χ1) is 13.7. The van der Waals surface area contributed by atoms with Crippen molar-refractivity contribution in [3.05, 3.63) is 0 Å². The van der Waals surface area contributed by atoms with E-state index >= 15 is 0 Å². The molecule has 0 rings (SSSR count). The van der Waals surface area contributed by atoms with Crippen LogP contribution in [0.5, 0.6) is 0 Å². The van der Waals surface area contributed by atoms with E-state index in [-0.39, 0.29) is 0 Å². The lowest BCUT2D eigenvalue weighted by Gasteiger charge is -2.41. The van der Waals surface area contributed by atoms with Gasteiger partial charge in [-0.2, -0.15) is 61.1 Å². The molecule has 0 aliphatic carbocycles. The van der Waals surface area contributed by atoms with Crippen LogP contribution in [0.25, 0.3) is 0 Å². The van der Waals surface area contributed by atoms with E-state index in [1.165, 1.54) is 0 Å². The van der Waals surface area contributed by atoms with Crippen LogP contribution in [-0.4, -0.2) is 80.7 Å². The Bertz CT molecular complexity index is 725. The molecule has 0 aromatic carbocycles. The molecule has 2 atom stereocenters. The zero-order valence-corrected chi connectivity index (χ0v) is 15.8. The van der Waals surface area contributed by atoms with Crippen molar-refractivity contribution in [1.82, 2.24) is 5.32 Å². The van der Waals surface area contributed by atoms with Crippen molar-refractivity contribution in [3.8, 4) is 0 Å². The maximum atomic E-state index is 13.2. The fourth-order valence-corrected chi connectivity index (χ4v) is 2.00. The molecule has 2 N–H and O–H groups in total. The lowest BCUT2D eigenvalue weighted by molar-refractivity contribution is -0.432. The van der Waals surface area contributed by atoms with Crippen molar-refractivity contribution in [3.63, 3.8) is 0 Å². The first-order valence-electron chi connectivity index (χ1n) is 7.05. The van der Waals surface area contributed by atoms with Crippen LogP contribution in [0.15, 0.2) is 0 Å². The molecular weight excluding hydrogens is 530 g/mol. The van der Waals surface area contributed by atoms with E-state index in [4.69, 9.17) is 4.55 Å². The lowest BCUT2D eigenvalue weighted by atomic mass is 9.90. The van der Waals surface area contributed by atoms with Gasteiger partial charge < -0.3 is 5.32 Å².